The fraction of sp³-hybridized carbons (Fsp3) is 0. The molecule has 1 aromatic carbocycles. The van der Waals surface area contributed by atoms with Crippen molar-refractivity contribution >= 4 is 23.7 Å². The Balaban J connectivity index is 3.01. The van der Waals surface area contributed by atoms with Crippen molar-refractivity contribution in [2.45, 2.75) is 0 Å². The lowest BCUT2D eigenvalue weighted by atomic mass is 10.2. The van der Waals surface area contributed by atoms with Crippen molar-refractivity contribution in [3.05, 3.63) is 46.8 Å². The minimum Gasteiger partial charge on any atom is -0.268 e. The van der Waals surface area contributed by atoms with E-state index in [0.717, 1.165) is 10.9 Å². The molecule has 0 bridgehead atoms. The highest BCUT2D eigenvalue weighted by molar-refractivity contribution is 7.78. The lowest BCUT2D eigenvalue weighted by molar-refractivity contribution is 1.23. The molecule has 2 aromatic rings. The van der Waals surface area contributed by atoms with E-state index in [0.29, 0.717) is 0 Å². The number of fused-ring (bicyclic) bond motifs is 1. The molecule has 1 heterocycles. The molecule has 0 spiro atoms. The highest BCUT2D eigenvalue weighted by Crippen LogP contribution is 2.10. The number of pyridine rings is 1. The largest absolute Gasteiger partial charge is 0.268 e. The Bertz CT molecular complexity index is 475. The maximum atomic E-state index is 11.1. The summed E-state index contributed by atoms with van der Waals surface area (Å²) in [5, 5.41) is 1.02. The van der Waals surface area contributed by atoms with Crippen molar-refractivity contribution in [1.82, 2.24) is 3.97 Å². The van der Waals surface area contributed by atoms with Crippen LogP contribution in [0.15, 0.2) is 41.2 Å². The van der Waals surface area contributed by atoms with Gasteiger partial charge in [-0.05, 0) is 17.5 Å². The van der Waals surface area contributed by atoms with Crippen molar-refractivity contribution in [3.8, 4) is 0 Å². The van der Waals surface area contributed by atoms with Gasteiger partial charge in [0, 0.05) is 6.07 Å². The Labute approximate surface area is 75.0 Å². The van der Waals surface area contributed by atoms with Crippen LogP contribution in [0.4, 0.5) is 0 Å². The molecule has 0 amide bonds. The Morgan fingerprint density at radius 1 is 1.08 bits per heavy atom. The normalized spacial score (nSPS) is 10.4. The summed E-state index contributed by atoms with van der Waals surface area (Å²) in [5.41, 5.74) is 0.741. The first-order valence-electron chi connectivity index (χ1n) is 3.59. The summed E-state index contributed by atoms with van der Waals surface area (Å²) in [7, 11) is 0. The maximum absolute atomic E-state index is 11.1. The van der Waals surface area contributed by atoms with Crippen LogP contribution >= 0.6 is 12.8 Å². The zero-order chi connectivity index (χ0) is 8.55. The first-order valence-corrected chi connectivity index (χ1v) is 3.99. The number of thiol groups is 1. The molecule has 0 saturated carbocycles. The second-order valence-electron chi connectivity index (χ2n) is 2.54. The molecular weight excluding hydrogens is 170 g/mol. The van der Waals surface area contributed by atoms with Gasteiger partial charge in [0.15, 0.2) is 0 Å². The molecule has 2 rings (SSSR count). The zero-order valence-electron chi connectivity index (χ0n) is 6.27. The van der Waals surface area contributed by atoms with Gasteiger partial charge in [-0.15, -0.1) is 0 Å². The molecular formula is C9H7NOS. The van der Waals surface area contributed by atoms with Crippen LogP contribution in [0.25, 0.3) is 10.9 Å². The Kier molecular flexibility index (Phi) is 1.66. The van der Waals surface area contributed by atoms with Crippen molar-refractivity contribution in [1.29, 1.82) is 0 Å². The predicted molar refractivity (Wildman–Crippen MR) is 52.6 cm³/mol. The second-order valence-corrected chi connectivity index (χ2v) is 2.94. The summed E-state index contributed by atoms with van der Waals surface area (Å²) < 4.78 is 1.34. The number of para-hydroxylation sites is 1. The molecule has 0 N–H and O–H groups in total. The van der Waals surface area contributed by atoms with Gasteiger partial charge < -0.3 is 0 Å². The third-order valence-corrected chi connectivity index (χ3v) is 2.19. The average molecular weight is 177 g/mol. The summed E-state index contributed by atoms with van der Waals surface area (Å²) in [4.78, 5) is 11.1. The van der Waals surface area contributed by atoms with E-state index >= 15 is 0 Å². The molecule has 0 atom stereocenters. The number of hydrogen-bond acceptors (Lipinski definition) is 2. The van der Waals surface area contributed by atoms with E-state index in [4.69, 9.17) is 0 Å². The third-order valence-electron chi connectivity index (χ3n) is 1.78. The van der Waals surface area contributed by atoms with E-state index in [-0.39, 0.29) is 5.56 Å². The van der Waals surface area contributed by atoms with Crippen molar-refractivity contribution in [2.75, 3.05) is 0 Å². The molecule has 0 aliphatic rings. The molecule has 12 heavy (non-hydrogen) atoms. The number of nitrogens with zero attached hydrogens (tertiary/aromatic N) is 1. The van der Waals surface area contributed by atoms with Gasteiger partial charge in [0.2, 0.25) is 0 Å². The van der Waals surface area contributed by atoms with Crippen LogP contribution in [0.3, 0.4) is 0 Å². The maximum Gasteiger partial charge on any atom is 0.260 e. The summed E-state index contributed by atoms with van der Waals surface area (Å²) in [6.45, 7) is 0. The smallest absolute Gasteiger partial charge is 0.260 e. The van der Waals surface area contributed by atoms with Crippen LogP contribution in [0.1, 0.15) is 0 Å². The fourth-order valence-corrected chi connectivity index (χ4v) is 1.42. The van der Waals surface area contributed by atoms with Crippen molar-refractivity contribution in [3.63, 3.8) is 0 Å². The first-order chi connectivity index (χ1) is 5.79. The lowest BCUT2D eigenvalue weighted by Gasteiger charge is -2.00. The van der Waals surface area contributed by atoms with Gasteiger partial charge in [0.1, 0.15) is 0 Å². The van der Waals surface area contributed by atoms with Crippen LogP contribution in [-0.4, -0.2) is 3.97 Å². The van der Waals surface area contributed by atoms with Gasteiger partial charge >= 0.3 is 0 Å². The number of rotatable bonds is 0. The Hall–Kier alpha value is -1.22. The minimum absolute atomic E-state index is 0.1000. The summed E-state index contributed by atoms with van der Waals surface area (Å²) >= 11 is 4.07. The number of benzene rings is 1. The molecule has 0 saturated heterocycles. The summed E-state index contributed by atoms with van der Waals surface area (Å²) in [6, 6.07) is 10.9. The van der Waals surface area contributed by atoms with Gasteiger partial charge in [-0.2, -0.15) is 0 Å². The lowest BCUT2D eigenvalue weighted by Crippen LogP contribution is -2.10. The Morgan fingerprint density at radius 2 is 1.83 bits per heavy atom. The highest BCUT2D eigenvalue weighted by Gasteiger charge is 1.96. The predicted octanol–water partition coefficient (Wildman–Crippen LogP) is 1.69. The van der Waals surface area contributed by atoms with E-state index < -0.39 is 0 Å². The van der Waals surface area contributed by atoms with Crippen molar-refractivity contribution in [2.24, 2.45) is 0 Å². The van der Waals surface area contributed by atoms with E-state index in [9.17, 15) is 4.79 Å². The van der Waals surface area contributed by atoms with E-state index in [1.807, 2.05) is 24.3 Å². The number of hydrogen-bond donors (Lipinski definition) is 1. The first kappa shape index (κ1) is 7.43. The molecule has 2 nitrogen and oxygen atoms in total. The quantitative estimate of drug-likeness (QED) is 0.608. The van der Waals surface area contributed by atoms with Gasteiger partial charge in [0.25, 0.3) is 5.56 Å². The molecule has 0 radical (unpaired) electrons. The van der Waals surface area contributed by atoms with Gasteiger partial charge in [-0.1, -0.05) is 31.0 Å². The fourth-order valence-electron chi connectivity index (χ4n) is 1.17. The second kappa shape index (κ2) is 2.68. The summed E-state index contributed by atoms with van der Waals surface area (Å²) in [5.74, 6) is 0. The molecule has 1 aromatic heterocycles. The third kappa shape index (κ3) is 1.02. The van der Waals surface area contributed by atoms with E-state index in [1.54, 1.807) is 6.07 Å². The topological polar surface area (TPSA) is 22.0 Å². The minimum atomic E-state index is -0.1000. The molecule has 60 valence electrons. The monoisotopic (exact) mass is 177 g/mol. The van der Waals surface area contributed by atoms with Gasteiger partial charge in [-0.3, -0.25) is 8.77 Å². The number of aromatic nitrogens is 1. The molecule has 0 aliphatic heterocycles. The SMILES string of the molecule is O=c1ccc2ccccc2n1S. The van der Waals surface area contributed by atoms with E-state index in [1.165, 1.54) is 10.0 Å². The van der Waals surface area contributed by atoms with Gasteiger partial charge in [-0.25, -0.2) is 0 Å². The van der Waals surface area contributed by atoms with Crippen LogP contribution < -0.4 is 5.56 Å². The van der Waals surface area contributed by atoms with Crippen LogP contribution in [0.2, 0.25) is 0 Å². The van der Waals surface area contributed by atoms with Crippen molar-refractivity contribution < 1.29 is 0 Å². The Morgan fingerprint density at radius 3 is 2.67 bits per heavy atom. The van der Waals surface area contributed by atoms with Crippen LogP contribution in [0.5, 0.6) is 0 Å². The highest BCUT2D eigenvalue weighted by atomic mass is 32.1. The van der Waals surface area contributed by atoms with Gasteiger partial charge in [0.05, 0.1) is 5.52 Å². The molecule has 0 fully saturated rings. The molecule has 0 unspecified atom stereocenters. The molecule has 3 heteroatoms. The summed E-state index contributed by atoms with van der Waals surface area (Å²) in [6.07, 6.45) is 0. The van der Waals surface area contributed by atoms with E-state index in [2.05, 4.69) is 12.8 Å². The average Bonchev–Trinajstić information content (AvgIpc) is 2.12. The van der Waals surface area contributed by atoms with Crippen LogP contribution in [0, 0.1) is 0 Å². The molecule has 0 aliphatic carbocycles. The standard InChI is InChI=1S/C9H7NOS/c11-9-6-5-7-3-1-2-4-8(7)10(9)12/h1-6,12H. The van der Waals surface area contributed by atoms with Crippen LogP contribution in [-0.2, 0) is 0 Å². The zero-order valence-corrected chi connectivity index (χ0v) is 7.16.